The second-order valence-electron chi connectivity index (χ2n) is 9.27. The van der Waals surface area contributed by atoms with E-state index in [0.29, 0.717) is 16.9 Å². The Kier molecular flexibility index (Phi) is 7.36. The third kappa shape index (κ3) is 5.80. The van der Waals surface area contributed by atoms with E-state index in [9.17, 15) is 18.8 Å². The highest BCUT2D eigenvalue weighted by molar-refractivity contribution is 6.04. The molecule has 0 radical (unpaired) electrons. The zero-order chi connectivity index (χ0) is 27.4. The molecule has 1 heterocycles. The minimum Gasteiger partial charge on any atom is -0.438 e. The average Bonchev–Trinajstić information content (AvgIpc) is 3.26. The first-order chi connectivity index (χ1) is 18.9. The van der Waals surface area contributed by atoms with Gasteiger partial charge < -0.3 is 15.4 Å². The second-order valence-corrected chi connectivity index (χ2v) is 9.27. The van der Waals surface area contributed by atoms with Crippen LogP contribution in [-0.2, 0) is 16.1 Å². The van der Waals surface area contributed by atoms with Gasteiger partial charge in [-0.1, -0.05) is 72.3 Å². The summed E-state index contributed by atoms with van der Waals surface area (Å²) in [4.78, 5) is 40.5. The Morgan fingerprint density at radius 2 is 1.46 bits per heavy atom. The van der Waals surface area contributed by atoms with Gasteiger partial charge in [0.15, 0.2) is 12.1 Å². The largest absolute Gasteiger partial charge is 0.438 e. The maximum absolute atomic E-state index is 14.0. The van der Waals surface area contributed by atoms with Crippen molar-refractivity contribution in [2.75, 3.05) is 10.6 Å². The quantitative estimate of drug-likeness (QED) is 0.307. The summed E-state index contributed by atoms with van der Waals surface area (Å²) in [5.74, 6) is -1.59. The number of rotatable bonds is 7. The Morgan fingerprint density at radius 3 is 2.15 bits per heavy atom. The number of aryl methyl sites for hydroxylation is 1. The topological polar surface area (TPSA) is 87.7 Å². The number of ether oxygens (including phenoxy) is 1. The maximum atomic E-state index is 14.0. The standard InChI is InChI=1S/C31H26FN3O4/c1-20-11-13-21(14-12-20)19-35-27(30(37)34-23-7-3-2-4-8-23)28(39-31(35)38)22-15-17-24(18-16-22)33-29(36)25-9-5-6-10-26(25)32/h2-18,27-28H,19H2,1H3,(H,33,36)(H,34,37). The van der Waals surface area contributed by atoms with E-state index in [1.54, 1.807) is 42.5 Å². The molecular weight excluding hydrogens is 497 g/mol. The highest BCUT2D eigenvalue weighted by atomic mass is 19.1. The van der Waals surface area contributed by atoms with Crippen LogP contribution in [0.15, 0.2) is 103 Å². The van der Waals surface area contributed by atoms with Crippen LogP contribution in [0.4, 0.5) is 20.6 Å². The van der Waals surface area contributed by atoms with E-state index in [1.165, 1.54) is 23.1 Å². The van der Waals surface area contributed by atoms with Crippen molar-refractivity contribution >= 4 is 29.3 Å². The van der Waals surface area contributed by atoms with Gasteiger partial charge in [-0.3, -0.25) is 14.5 Å². The van der Waals surface area contributed by atoms with Crippen LogP contribution >= 0.6 is 0 Å². The third-order valence-corrected chi connectivity index (χ3v) is 6.48. The molecule has 0 aliphatic carbocycles. The van der Waals surface area contributed by atoms with Crippen molar-refractivity contribution in [2.24, 2.45) is 0 Å². The normalized spacial score (nSPS) is 16.5. The maximum Gasteiger partial charge on any atom is 0.411 e. The Balaban J connectivity index is 1.39. The molecule has 3 amide bonds. The molecule has 1 aliphatic heterocycles. The van der Waals surface area contributed by atoms with Crippen LogP contribution in [0.3, 0.4) is 0 Å². The SMILES string of the molecule is Cc1ccc(CN2C(=O)OC(c3ccc(NC(=O)c4ccccc4F)cc3)C2C(=O)Nc2ccccc2)cc1. The molecule has 196 valence electrons. The summed E-state index contributed by atoms with van der Waals surface area (Å²) in [6.07, 6.45) is -1.49. The molecule has 4 aromatic rings. The summed E-state index contributed by atoms with van der Waals surface area (Å²) in [6, 6.07) is 28.1. The van der Waals surface area contributed by atoms with Gasteiger partial charge in [-0.15, -0.1) is 0 Å². The number of benzene rings is 4. The summed E-state index contributed by atoms with van der Waals surface area (Å²) in [5.41, 5.74) is 3.48. The Bertz CT molecular complexity index is 1490. The summed E-state index contributed by atoms with van der Waals surface area (Å²) in [6.45, 7) is 2.17. The Hall–Kier alpha value is -4.98. The Morgan fingerprint density at radius 1 is 0.821 bits per heavy atom. The van der Waals surface area contributed by atoms with Crippen LogP contribution in [0.1, 0.15) is 33.2 Å². The first-order valence-corrected chi connectivity index (χ1v) is 12.4. The van der Waals surface area contributed by atoms with Gasteiger partial charge in [-0.25, -0.2) is 9.18 Å². The number of cyclic esters (lactones) is 1. The van der Waals surface area contributed by atoms with E-state index in [0.717, 1.165) is 11.1 Å². The predicted octanol–water partition coefficient (Wildman–Crippen LogP) is 6.09. The van der Waals surface area contributed by atoms with Crippen molar-refractivity contribution < 1.29 is 23.5 Å². The molecular formula is C31H26FN3O4. The van der Waals surface area contributed by atoms with Gasteiger partial charge in [-0.05, 0) is 54.4 Å². The van der Waals surface area contributed by atoms with Crippen LogP contribution in [0.5, 0.6) is 0 Å². The number of para-hydroxylation sites is 1. The van der Waals surface area contributed by atoms with E-state index in [2.05, 4.69) is 10.6 Å². The molecule has 8 heteroatoms. The van der Waals surface area contributed by atoms with Crippen LogP contribution in [0.25, 0.3) is 0 Å². The van der Waals surface area contributed by atoms with Crippen molar-refractivity contribution in [2.45, 2.75) is 25.6 Å². The van der Waals surface area contributed by atoms with E-state index in [-0.39, 0.29) is 18.0 Å². The number of amides is 3. The van der Waals surface area contributed by atoms with Crippen molar-refractivity contribution in [3.8, 4) is 0 Å². The fourth-order valence-electron chi connectivity index (χ4n) is 4.44. The average molecular weight is 524 g/mol. The fraction of sp³-hybridized carbons (Fsp3) is 0.129. The number of anilines is 2. The first-order valence-electron chi connectivity index (χ1n) is 12.4. The van der Waals surface area contributed by atoms with Crippen molar-refractivity contribution in [3.05, 3.63) is 131 Å². The van der Waals surface area contributed by atoms with E-state index in [4.69, 9.17) is 4.74 Å². The monoisotopic (exact) mass is 523 g/mol. The van der Waals surface area contributed by atoms with Crippen molar-refractivity contribution in [3.63, 3.8) is 0 Å². The number of carbonyl (C=O) groups excluding carboxylic acids is 3. The molecule has 39 heavy (non-hydrogen) atoms. The lowest BCUT2D eigenvalue weighted by molar-refractivity contribution is -0.121. The molecule has 2 atom stereocenters. The van der Waals surface area contributed by atoms with Gasteiger partial charge in [0.25, 0.3) is 11.8 Å². The summed E-state index contributed by atoms with van der Waals surface area (Å²) in [5, 5.41) is 5.55. The number of halogens is 1. The molecule has 1 fully saturated rings. The van der Waals surface area contributed by atoms with Gasteiger partial charge >= 0.3 is 6.09 Å². The second kappa shape index (κ2) is 11.2. The van der Waals surface area contributed by atoms with E-state index < -0.39 is 30.0 Å². The lowest BCUT2D eigenvalue weighted by Gasteiger charge is -2.24. The van der Waals surface area contributed by atoms with Gasteiger partial charge in [0, 0.05) is 11.4 Å². The third-order valence-electron chi connectivity index (χ3n) is 6.48. The van der Waals surface area contributed by atoms with E-state index >= 15 is 0 Å². The van der Waals surface area contributed by atoms with Crippen molar-refractivity contribution in [1.29, 1.82) is 0 Å². The lowest BCUT2D eigenvalue weighted by Crippen LogP contribution is -2.43. The van der Waals surface area contributed by atoms with Gasteiger partial charge in [0.05, 0.1) is 12.1 Å². The Labute approximate surface area is 225 Å². The van der Waals surface area contributed by atoms with Crippen molar-refractivity contribution in [1.82, 2.24) is 4.90 Å². The number of hydrogen-bond acceptors (Lipinski definition) is 4. The smallest absolute Gasteiger partial charge is 0.411 e. The van der Waals surface area contributed by atoms with E-state index in [1.807, 2.05) is 49.4 Å². The van der Waals surface area contributed by atoms with Gasteiger partial charge in [0.1, 0.15) is 5.82 Å². The van der Waals surface area contributed by atoms with Gasteiger partial charge in [-0.2, -0.15) is 0 Å². The summed E-state index contributed by atoms with van der Waals surface area (Å²) < 4.78 is 19.7. The minimum absolute atomic E-state index is 0.0734. The molecule has 0 bridgehead atoms. The highest BCUT2D eigenvalue weighted by Crippen LogP contribution is 2.35. The molecule has 2 N–H and O–H groups in total. The molecule has 1 saturated heterocycles. The molecule has 0 spiro atoms. The van der Waals surface area contributed by atoms with Crippen LogP contribution < -0.4 is 10.6 Å². The first kappa shape index (κ1) is 25.7. The molecule has 7 nitrogen and oxygen atoms in total. The fourth-order valence-corrected chi connectivity index (χ4v) is 4.44. The molecule has 0 saturated carbocycles. The number of nitrogens with one attached hydrogen (secondary N) is 2. The zero-order valence-corrected chi connectivity index (χ0v) is 21.1. The number of hydrogen-bond donors (Lipinski definition) is 2. The van der Waals surface area contributed by atoms with Gasteiger partial charge in [0.2, 0.25) is 0 Å². The van der Waals surface area contributed by atoms with Crippen LogP contribution in [0, 0.1) is 12.7 Å². The summed E-state index contributed by atoms with van der Waals surface area (Å²) >= 11 is 0. The van der Waals surface area contributed by atoms with Crippen LogP contribution in [0.2, 0.25) is 0 Å². The molecule has 5 rings (SSSR count). The number of nitrogens with zero attached hydrogens (tertiary/aromatic N) is 1. The molecule has 4 aromatic carbocycles. The zero-order valence-electron chi connectivity index (χ0n) is 21.1. The minimum atomic E-state index is -0.946. The van der Waals surface area contributed by atoms with Crippen LogP contribution in [-0.4, -0.2) is 28.8 Å². The lowest BCUT2D eigenvalue weighted by atomic mass is 10.00. The summed E-state index contributed by atoms with van der Waals surface area (Å²) in [7, 11) is 0. The highest BCUT2D eigenvalue weighted by Gasteiger charge is 2.47. The predicted molar refractivity (Wildman–Crippen MR) is 146 cm³/mol. The molecule has 0 aromatic heterocycles. The molecule has 1 aliphatic rings. The molecule has 2 unspecified atom stereocenters. The number of carbonyl (C=O) groups is 3.